The number of nitro groups is 1. The molecule has 8 nitrogen and oxygen atoms in total. The number of nitro benzene ring substituents is 1. The van der Waals surface area contributed by atoms with Gasteiger partial charge < -0.3 is 10.1 Å². The molecule has 0 aliphatic heterocycles. The van der Waals surface area contributed by atoms with Crippen LogP contribution in [0.5, 0.6) is 11.8 Å². The van der Waals surface area contributed by atoms with Crippen molar-refractivity contribution in [2.24, 2.45) is 0 Å². The molecular weight excluding hydrogens is 360 g/mol. The molecule has 3 aromatic rings. The van der Waals surface area contributed by atoms with E-state index in [1.807, 2.05) is 6.92 Å². The van der Waals surface area contributed by atoms with Crippen LogP contribution in [0.1, 0.15) is 11.1 Å². The van der Waals surface area contributed by atoms with Crippen molar-refractivity contribution in [2.75, 3.05) is 5.32 Å². The highest BCUT2D eigenvalue weighted by Crippen LogP contribution is 2.24. The number of amides is 1. The number of carbonyl (C=O) groups is 1. The van der Waals surface area contributed by atoms with Crippen molar-refractivity contribution in [1.29, 1.82) is 0 Å². The highest BCUT2D eigenvalue weighted by molar-refractivity contribution is 6.02. The summed E-state index contributed by atoms with van der Waals surface area (Å²) in [5, 5.41) is 13.6. The van der Waals surface area contributed by atoms with Crippen molar-refractivity contribution in [3.8, 4) is 11.8 Å². The Kier molecular flexibility index (Phi) is 5.71. The Labute approximate surface area is 160 Å². The van der Waals surface area contributed by atoms with Gasteiger partial charge in [-0.3, -0.25) is 14.9 Å². The fourth-order valence-corrected chi connectivity index (χ4v) is 2.37. The molecule has 2 aromatic carbocycles. The number of aryl methyl sites for hydroxylation is 1. The van der Waals surface area contributed by atoms with Crippen LogP contribution in [-0.2, 0) is 4.79 Å². The molecule has 140 valence electrons. The van der Waals surface area contributed by atoms with Gasteiger partial charge in [-0.25, -0.2) is 9.97 Å². The van der Waals surface area contributed by atoms with Gasteiger partial charge >= 0.3 is 6.01 Å². The summed E-state index contributed by atoms with van der Waals surface area (Å²) < 4.78 is 5.55. The molecule has 1 N–H and O–H groups in total. The molecule has 1 heterocycles. The lowest BCUT2D eigenvalue weighted by Crippen LogP contribution is -2.09. The second kappa shape index (κ2) is 8.54. The van der Waals surface area contributed by atoms with E-state index < -0.39 is 4.92 Å². The average Bonchev–Trinajstić information content (AvgIpc) is 2.69. The summed E-state index contributed by atoms with van der Waals surface area (Å²) in [6, 6.07) is 13.1. The van der Waals surface area contributed by atoms with E-state index in [2.05, 4.69) is 15.3 Å². The molecule has 0 saturated carbocycles. The molecule has 0 bridgehead atoms. The van der Waals surface area contributed by atoms with E-state index in [0.717, 1.165) is 5.56 Å². The highest BCUT2D eigenvalue weighted by Gasteiger charge is 2.07. The zero-order valence-corrected chi connectivity index (χ0v) is 14.9. The van der Waals surface area contributed by atoms with Crippen LogP contribution in [0.3, 0.4) is 0 Å². The summed E-state index contributed by atoms with van der Waals surface area (Å²) in [5.74, 6) is 0.198. The smallest absolute Gasteiger partial charge is 0.321 e. The lowest BCUT2D eigenvalue weighted by Gasteiger charge is -2.09. The highest BCUT2D eigenvalue weighted by atomic mass is 16.6. The largest absolute Gasteiger partial charge is 0.424 e. The number of rotatable bonds is 6. The van der Waals surface area contributed by atoms with Crippen LogP contribution in [0.25, 0.3) is 6.08 Å². The molecular formula is C20H16N4O4. The minimum Gasteiger partial charge on any atom is -0.424 e. The third-order valence-electron chi connectivity index (χ3n) is 3.72. The first-order valence-electron chi connectivity index (χ1n) is 8.30. The lowest BCUT2D eigenvalue weighted by atomic mass is 10.1. The van der Waals surface area contributed by atoms with Crippen LogP contribution in [0, 0.1) is 17.0 Å². The van der Waals surface area contributed by atoms with Crippen LogP contribution >= 0.6 is 0 Å². The number of ether oxygens (including phenoxy) is 1. The molecule has 0 fully saturated rings. The zero-order chi connectivity index (χ0) is 19.9. The number of hydrogen-bond donors (Lipinski definition) is 1. The number of benzene rings is 2. The Morgan fingerprint density at radius 2 is 1.93 bits per heavy atom. The Morgan fingerprint density at radius 3 is 2.64 bits per heavy atom. The molecule has 1 amide bonds. The van der Waals surface area contributed by atoms with Gasteiger partial charge in [-0.2, -0.15) is 0 Å². The molecule has 0 saturated heterocycles. The maximum absolute atomic E-state index is 12.1. The van der Waals surface area contributed by atoms with Gasteiger partial charge in [0.15, 0.2) is 0 Å². The van der Waals surface area contributed by atoms with Gasteiger partial charge in [-0.15, -0.1) is 0 Å². The van der Waals surface area contributed by atoms with Crippen LogP contribution < -0.4 is 10.1 Å². The third-order valence-corrected chi connectivity index (χ3v) is 3.72. The van der Waals surface area contributed by atoms with E-state index >= 15 is 0 Å². The molecule has 3 rings (SSSR count). The quantitative estimate of drug-likeness (QED) is 0.394. The van der Waals surface area contributed by atoms with Gasteiger partial charge in [0.05, 0.1) is 4.92 Å². The van der Waals surface area contributed by atoms with Gasteiger partial charge in [-0.05, 0) is 48.4 Å². The first-order valence-corrected chi connectivity index (χ1v) is 8.30. The Balaban J connectivity index is 1.65. The topological polar surface area (TPSA) is 107 Å². The molecule has 0 aliphatic carbocycles. The number of hydrogen-bond acceptors (Lipinski definition) is 6. The van der Waals surface area contributed by atoms with Crippen molar-refractivity contribution in [3.05, 3.63) is 88.2 Å². The van der Waals surface area contributed by atoms with Crippen LogP contribution in [-0.4, -0.2) is 20.8 Å². The number of non-ortho nitro benzene ring substituents is 1. The zero-order valence-electron chi connectivity index (χ0n) is 14.9. The summed E-state index contributed by atoms with van der Waals surface area (Å²) in [6.45, 7) is 1.83. The molecule has 28 heavy (non-hydrogen) atoms. The summed E-state index contributed by atoms with van der Waals surface area (Å²) in [6.07, 6.45) is 6.00. The molecule has 8 heteroatoms. The second-order valence-electron chi connectivity index (χ2n) is 5.78. The van der Waals surface area contributed by atoms with Crippen molar-refractivity contribution in [3.63, 3.8) is 0 Å². The number of nitrogens with zero attached hydrogens (tertiary/aromatic N) is 3. The predicted molar refractivity (Wildman–Crippen MR) is 104 cm³/mol. The van der Waals surface area contributed by atoms with Crippen molar-refractivity contribution in [1.82, 2.24) is 9.97 Å². The number of anilines is 1. The summed E-state index contributed by atoms with van der Waals surface area (Å²) >= 11 is 0. The monoisotopic (exact) mass is 376 g/mol. The summed E-state index contributed by atoms with van der Waals surface area (Å²) in [7, 11) is 0. The molecule has 0 radical (unpaired) electrons. The standard InChI is InChI=1S/C20H16N4O4/c1-14-12-17(28-20-21-10-3-11-22-20)7-8-18(14)23-19(25)9-6-15-4-2-5-16(13-15)24(26)27/h2-13H,1H3,(H,23,25). The fourth-order valence-electron chi connectivity index (χ4n) is 2.37. The number of aromatic nitrogens is 2. The van der Waals surface area contributed by atoms with Crippen molar-refractivity contribution < 1.29 is 14.5 Å². The number of nitrogens with one attached hydrogen (secondary N) is 1. The van der Waals surface area contributed by atoms with Crippen LogP contribution in [0.15, 0.2) is 67.0 Å². The van der Waals surface area contributed by atoms with E-state index in [0.29, 0.717) is 17.0 Å². The molecule has 0 aliphatic rings. The van der Waals surface area contributed by atoms with E-state index in [1.165, 1.54) is 24.3 Å². The Bertz CT molecular complexity index is 1040. The number of carbonyl (C=O) groups excluding carboxylic acids is 1. The first kappa shape index (κ1) is 18.7. The minimum atomic E-state index is -0.481. The van der Waals surface area contributed by atoms with Gasteiger partial charge in [0.25, 0.3) is 5.69 Å². The third kappa shape index (κ3) is 4.98. The van der Waals surface area contributed by atoms with Gasteiger partial charge in [-0.1, -0.05) is 12.1 Å². The van der Waals surface area contributed by atoms with E-state index in [4.69, 9.17) is 4.74 Å². The Morgan fingerprint density at radius 1 is 1.14 bits per heavy atom. The molecule has 0 spiro atoms. The maximum Gasteiger partial charge on any atom is 0.321 e. The van der Waals surface area contributed by atoms with Crippen LogP contribution in [0.4, 0.5) is 11.4 Å². The normalized spacial score (nSPS) is 10.6. The van der Waals surface area contributed by atoms with Crippen molar-refractivity contribution in [2.45, 2.75) is 6.92 Å². The Hall–Kier alpha value is -4.07. The van der Waals surface area contributed by atoms with Gasteiger partial charge in [0.1, 0.15) is 5.75 Å². The average molecular weight is 376 g/mol. The van der Waals surface area contributed by atoms with Crippen LogP contribution in [0.2, 0.25) is 0 Å². The lowest BCUT2D eigenvalue weighted by molar-refractivity contribution is -0.384. The van der Waals surface area contributed by atoms with E-state index in [1.54, 1.807) is 48.8 Å². The van der Waals surface area contributed by atoms with E-state index in [9.17, 15) is 14.9 Å². The second-order valence-corrected chi connectivity index (χ2v) is 5.78. The first-order chi connectivity index (χ1) is 13.5. The molecule has 1 aromatic heterocycles. The minimum absolute atomic E-state index is 0.0311. The van der Waals surface area contributed by atoms with E-state index in [-0.39, 0.29) is 17.6 Å². The summed E-state index contributed by atoms with van der Waals surface area (Å²) in [4.78, 5) is 30.4. The van der Waals surface area contributed by atoms with Gasteiger partial charge in [0, 0.05) is 36.3 Å². The molecule has 0 atom stereocenters. The fraction of sp³-hybridized carbons (Fsp3) is 0.0500. The van der Waals surface area contributed by atoms with Gasteiger partial charge in [0.2, 0.25) is 5.91 Å². The molecule has 0 unspecified atom stereocenters. The maximum atomic E-state index is 12.1. The summed E-state index contributed by atoms with van der Waals surface area (Å²) in [5.41, 5.74) is 1.95. The SMILES string of the molecule is Cc1cc(Oc2ncccn2)ccc1NC(=O)C=Cc1cccc([N+](=O)[O-])c1. The van der Waals surface area contributed by atoms with Crippen molar-refractivity contribution >= 4 is 23.4 Å². The predicted octanol–water partition coefficient (Wildman–Crippen LogP) is 4.14.